The predicted molar refractivity (Wildman–Crippen MR) is 64.6 cm³/mol. The number of hydrogen-bond donors (Lipinski definition) is 1. The standard InChI is InChI=1S/C12H15F3N4/c13-12(14,15)9-5-6-11-18-17-10(19(11)8-9)4-2-1-3-7-16/h5-6,8H,1-4,7,16H2. The Morgan fingerprint density at radius 3 is 2.58 bits per heavy atom. The quantitative estimate of drug-likeness (QED) is 0.850. The van der Waals surface area contributed by atoms with Crippen LogP contribution in [0.3, 0.4) is 0 Å². The maximum atomic E-state index is 12.6. The fourth-order valence-electron chi connectivity index (χ4n) is 1.88. The lowest BCUT2D eigenvalue weighted by Gasteiger charge is -2.07. The first kappa shape index (κ1) is 13.8. The molecule has 0 bridgehead atoms. The number of aromatic nitrogens is 3. The molecule has 104 valence electrons. The topological polar surface area (TPSA) is 56.2 Å². The van der Waals surface area contributed by atoms with Gasteiger partial charge in [-0.3, -0.25) is 4.40 Å². The summed E-state index contributed by atoms with van der Waals surface area (Å²) in [6.07, 6.45) is -0.0193. The van der Waals surface area contributed by atoms with Gasteiger partial charge in [-0.05, 0) is 31.5 Å². The second-order valence-electron chi connectivity index (χ2n) is 4.36. The molecule has 2 heterocycles. The van der Waals surface area contributed by atoms with E-state index in [4.69, 9.17) is 5.73 Å². The van der Waals surface area contributed by atoms with Crippen molar-refractivity contribution in [2.45, 2.75) is 31.9 Å². The number of aryl methyl sites for hydroxylation is 1. The molecule has 2 aromatic rings. The van der Waals surface area contributed by atoms with Crippen molar-refractivity contribution in [1.82, 2.24) is 14.6 Å². The number of fused-ring (bicyclic) bond motifs is 1. The molecule has 0 aliphatic rings. The second-order valence-corrected chi connectivity index (χ2v) is 4.36. The van der Waals surface area contributed by atoms with Crippen molar-refractivity contribution in [3.63, 3.8) is 0 Å². The first-order valence-corrected chi connectivity index (χ1v) is 6.13. The summed E-state index contributed by atoms with van der Waals surface area (Å²) in [4.78, 5) is 0. The van der Waals surface area contributed by atoms with E-state index in [1.54, 1.807) is 0 Å². The molecule has 0 atom stereocenters. The summed E-state index contributed by atoms with van der Waals surface area (Å²) in [6.45, 7) is 0.624. The van der Waals surface area contributed by atoms with Crippen LogP contribution >= 0.6 is 0 Å². The van der Waals surface area contributed by atoms with Crippen LogP contribution in [0.2, 0.25) is 0 Å². The molecule has 4 nitrogen and oxygen atoms in total. The highest BCUT2D eigenvalue weighted by atomic mass is 19.4. The molecule has 2 aromatic heterocycles. The van der Waals surface area contributed by atoms with E-state index >= 15 is 0 Å². The highest BCUT2D eigenvalue weighted by Gasteiger charge is 2.31. The van der Waals surface area contributed by atoms with Gasteiger partial charge >= 0.3 is 6.18 Å². The number of unbranched alkanes of at least 4 members (excludes halogenated alkanes) is 2. The van der Waals surface area contributed by atoms with Crippen molar-refractivity contribution in [3.05, 3.63) is 29.7 Å². The zero-order valence-corrected chi connectivity index (χ0v) is 10.3. The Bertz CT molecular complexity index is 547. The van der Waals surface area contributed by atoms with Crippen LogP contribution in [0.15, 0.2) is 18.3 Å². The van der Waals surface area contributed by atoms with Crippen molar-refractivity contribution in [2.24, 2.45) is 5.73 Å². The summed E-state index contributed by atoms with van der Waals surface area (Å²) in [6, 6.07) is 2.35. The van der Waals surface area contributed by atoms with Gasteiger partial charge < -0.3 is 5.73 Å². The molecule has 0 aliphatic heterocycles. The maximum absolute atomic E-state index is 12.6. The molecule has 0 aliphatic carbocycles. The summed E-state index contributed by atoms with van der Waals surface area (Å²) in [5.41, 5.74) is 5.13. The van der Waals surface area contributed by atoms with Crippen LogP contribution in [0, 0.1) is 0 Å². The summed E-state index contributed by atoms with van der Waals surface area (Å²) in [5, 5.41) is 7.79. The summed E-state index contributed by atoms with van der Waals surface area (Å²) in [7, 11) is 0. The summed E-state index contributed by atoms with van der Waals surface area (Å²) >= 11 is 0. The largest absolute Gasteiger partial charge is 0.417 e. The van der Waals surface area contributed by atoms with Gasteiger partial charge in [0.25, 0.3) is 0 Å². The Balaban J connectivity index is 2.20. The number of nitrogens with two attached hydrogens (primary N) is 1. The van der Waals surface area contributed by atoms with Gasteiger partial charge in [-0.2, -0.15) is 13.2 Å². The van der Waals surface area contributed by atoms with E-state index in [1.165, 1.54) is 10.5 Å². The molecule has 7 heteroatoms. The highest BCUT2D eigenvalue weighted by molar-refractivity contribution is 5.40. The first-order chi connectivity index (χ1) is 9.02. The molecule has 19 heavy (non-hydrogen) atoms. The predicted octanol–water partition coefficient (Wildman–Crippen LogP) is 2.42. The van der Waals surface area contributed by atoms with Gasteiger partial charge in [0, 0.05) is 12.6 Å². The summed E-state index contributed by atoms with van der Waals surface area (Å²) < 4.78 is 39.3. The van der Waals surface area contributed by atoms with Gasteiger partial charge in [-0.1, -0.05) is 6.42 Å². The second kappa shape index (κ2) is 5.56. The van der Waals surface area contributed by atoms with Crippen LogP contribution in [-0.4, -0.2) is 21.1 Å². The number of rotatable bonds is 5. The Kier molecular flexibility index (Phi) is 4.04. The van der Waals surface area contributed by atoms with E-state index in [2.05, 4.69) is 10.2 Å². The number of pyridine rings is 1. The minimum absolute atomic E-state index is 0.432. The van der Waals surface area contributed by atoms with Gasteiger partial charge in [-0.15, -0.1) is 10.2 Å². The van der Waals surface area contributed by atoms with Gasteiger partial charge in [0.05, 0.1) is 5.56 Å². The van der Waals surface area contributed by atoms with Crippen molar-refractivity contribution in [1.29, 1.82) is 0 Å². The van der Waals surface area contributed by atoms with Crippen LogP contribution in [0.25, 0.3) is 5.65 Å². The average molecular weight is 272 g/mol. The molecule has 0 unspecified atom stereocenters. The lowest BCUT2D eigenvalue weighted by atomic mass is 10.2. The number of halogens is 3. The van der Waals surface area contributed by atoms with Crippen LogP contribution in [0.4, 0.5) is 13.2 Å². The van der Waals surface area contributed by atoms with Crippen LogP contribution in [-0.2, 0) is 12.6 Å². The molecule has 0 saturated heterocycles. The lowest BCUT2D eigenvalue weighted by Crippen LogP contribution is -2.07. The third-order valence-corrected chi connectivity index (χ3v) is 2.90. The third kappa shape index (κ3) is 3.23. The monoisotopic (exact) mass is 272 g/mol. The van der Waals surface area contributed by atoms with Gasteiger partial charge in [0.2, 0.25) is 0 Å². The normalized spacial score (nSPS) is 12.2. The fraction of sp³-hybridized carbons (Fsp3) is 0.500. The minimum Gasteiger partial charge on any atom is -0.330 e. The molecule has 0 aromatic carbocycles. The SMILES string of the molecule is NCCCCCc1nnc2ccc(C(F)(F)F)cn12. The Labute approximate surface area is 108 Å². The molecule has 0 spiro atoms. The lowest BCUT2D eigenvalue weighted by molar-refractivity contribution is -0.137. The van der Waals surface area contributed by atoms with Crippen molar-refractivity contribution < 1.29 is 13.2 Å². The van der Waals surface area contributed by atoms with E-state index in [0.29, 0.717) is 24.4 Å². The molecule has 0 fully saturated rings. The number of alkyl halides is 3. The van der Waals surface area contributed by atoms with Gasteiger partial charge in [-0.25, -0.2) is 0 Å². The Hall–Kier alpha value is -1.63. The van der Waals surface area contributed by atoms with Crippen LogP contribution in [0.5, 0.6) is 0 Å². The van der Waals surface area contributed by atoms with Gasteiger partial charge in [0.15, 0.2) is 5.65 Å². The number of hydrogen-bond acceptors (Lipinski definition) is 3. The fourth-order valence-corrected chi connectivity index (χ4v) is 1.88. The van der Waals surface area contributed by atoms with Crippen molar-refractivity contribution in [3.8, 4) is 0 Å². The molecule has 2 rings (SSSR count). The smallest absolute Gasteiger partial charge is 0.330 e. The molecule has 0 amide bonds. The molecule has 2 N–H and O–H groups in total. The average Bonchev–Trinajstić information content (AvgIpc) is 2.76. The van der Waals surface area contributed by atoms with Crippen molar-refractivity contribution >= 4 is 5.65 Å². The first-order valence-electron chi connectivity index (χ1n) is 6.13. The van der Waals surface area contributed by atoms with Crippen LogP contribution < -0.4 is 5.73 Å². The summed E-state index contributed by atoms with van der Waals surface area (Å²) in [5.74, 6) is 0.554. The molecule has 0 saturated carbocycles. The molecule has 0 radical (unpaired) electrons. The maximum Gasteiger partial charge on any atom is 0.417 e. The van der Waals surface area contributed by atoms with Crippen molar-refractivity contribution in [2.75, 3.05) is 6.54 Å². The zero-order valence-electron chi connectivity index (χ0n) is 10.3. The van der Waals surface area contributed by atoms with E-state index in [1.807, 2.05) is 0 Å². The Morgan fingerprint density at radius 2 is 1.89 bits per heavy atom. The van der Waals surface area contributed by atoms with E-state index in [9.17, 15) is 13.2 Å². The third-order valence-electron chi connectivity index (χ3n) is 2.90. The zero-order chi connectivity index (χ0) is 13.9. The molecular formula is C12H15F3N4. The van der Waals surface area contributed by atoms with Crippen LogP contribution in [0.1, 0.15) is 30.7 Å². The Morgan fingerprint density at radius 1 is 1.11 bits per heavy atom. The van der Waals surface area contributed by atoms with Gasteiger partial charge in [0.1, 0.15) is 5.82 Å². The highest BCUT2D eigenvalue weighted by Crippen LogP contribution is 2.29. The van der Waals surface area contributed by atoms with E-state index in [-0.39, 0.29) is 0 Å². The van der Waals surface area contributed by atoms with E-state index in [0.717, 1.165) is 31.5 Å². The minimum atomic E-state index is -4.35. The number of nitrogens with zero attached hydrogens (tertiary/aromatic N) is 3. The molecular weight excluding hydrogens is 257 g/mol. The van der Waals surface area contributed by atoms with E-state index < -0.39 is 11.7 Å².